The van der Waals surface area contributed by atoms with E-state index in [2.05, 4.69) is 22.6 Å². The molecule has 3 nitrogen and oxygen atoms in total. The number of hydrogen-bond acceptors (Lipinski definition) is 3. The summed E-state index contributed by atoms with van der Waals surface area (Å²) >= 11 is 4.20. The van der Waals surface area contributed by atoms with Crippen molar-refractivity contribution in [2.24, 2.45) is 0 Å². The fourth-order valence-corrected chi connectivity index (χ4v) is 1.34. The first kappa shape index (κ1) is 7.36. The zero-order valence-electron chi connectivity index (χ0n) is 6.11. The third kappa shape index (κ3) is 1.10. The Balaban J connectivity index is 2.97. The summed E-state index contributed by atoms with van der Waals surface area (Å²) in [5.41, 5.74) is 0.393. The number of aromatic amines is 1. The summed E-state index contributed by atoms with van der Waals surface area (Å²) in [5.74, 6) is 0. The molecule has 12 heavy (non-hydrogen) atoms. The van der Waals surface area contributed by atoms with Gasteiger partial charge in [-0.25, -0.2) is 9.78 Å². The molecule has 0 aliphatic rings. The third-order valence-corrected chi connectivity index (χ3v) is 2.00. The Kier molecular flexibility index (Phi) is 1.62. The highest BCUT2D eigenvalue weighted by atomic mass is 32.1. The maximum absolute atomic E-state index is 10.8. The van der Waals surface area contributed by atoms with Crippen molar-refractivity contribution in [2.75, 3.05) is 0 Å². The molecule has 0 atom stereocenters. The van der Waals surface area contributed by atoms with Crippen LogP contribution in [0, 0.1) is 0 Å². The number of thiol groups is 1. The number of nitrogens with one attached hydrogen (secondary N) is 1. The Morgan fingerprint density at radius 1 is 1.42 bits per heavy atom. The molecular formula is C8H6N2OS. The van der Waals surface area contributed by atoms with Crippen molar-refractivity contribution in [3.8, 4) is 0 Å². The van der Waals surface area contributed by atoms with Crippen LogP contribution < -0.4 is 5.69 Å². The molecule has 1 heterocycles. The molecule has 1 aromatic heterocycles. The summed E-state index contributed by atoms with van der Waals surface area (Å²) in [7, 11) is 0. The summed E-state index contributed by atoms with van der Waals surface area (Å²) in [6.07, 6.45) is 1.54. The number of fused-ring (bicyclic) bond motifs is 1. The van der Waals surface area contributed by atoms with Crippen molar-refractivity contribution in [3.63, 3.8) is 0 Å². The van der Waals surface area contributed by atoms with Crippen LogP contribution in [-0.2, 0) is 0 Å². The molecule has 1 aromatic carbocycles. The molecular weight excluding hydrogens is 172 g/mol. The van der Waals surface area contributed by atoms with Gasteiger partial charge in [0.1, 0.15) is 0 Å². The van der Waals surface area contributed by atoms with E-state index in [1.54, 1.807) is 0 Å². The fourth-order valence-electron chi connectivity index (χ4n) is 1.07. The Bertz CT molecular complexity index is 478. The Morgan fingerprint density at radius 2 is 2.25 bits per heavy atom. The number of benzene rings is 1. The molecule has 0 radical (unpaired) electrons. The SMILES string of the molecule is O=c1ncc2cccc(S)c2[nH]1. The van der Waals surface area contributed by atoms with E-state index in [0.717, 1.165) is 15.8 Å². The number of rotatable bonds is 0. The van der Waals surface area contributed by atoms with Gasteiger partial charge in [-0.15, -0.1) is 12.6 Å². The second kappa shape index (κ2) is 2.64. The topological polar surface area (TPSA) is 45.8 Å². The van der Waals surface area contributed by atoms with Gasteiger partial charge in [0, 0.05) is 16.5 Å². The molecule has 0 aliphatic carbocycles. The minimum atomic E-state index is -0.344. The Hall–Kier alpha value is -1.29. The van der Waals surface area contributed by atoms with Gasteiger partial charge >= 0.3 is 5.69 Å². The van der Waals surface area contributed by atoms with Gasteiger partial charge in [0.25, 0.3) is 0 Å². The third-order valence-electron chi connectivity index (χ3n) is 1.63. The molecule has 0 saturated heterocycles. The van der Waals surface area contributed by atoms with Crippen molar-refractivity contribution in [1.82, 2.24) is 9.97 Å². The van der Waals surface area contributed by atoms with Crippen molar-refractivity contribution in [2.45, 2.75) is 4.90 Å². The van der Waals surface area contributed by atoms with Crippen molar-refractivity contribution in [1.29, 1.82) is 0 Å². The van der Waals surface area contributed by atoms with Crippen LogP contribution in [0.5, 0.6) is 0 Å². The second-order valence-corrected chi connectivity index (χ2v) is 2.91. The van der Waals surface area contributed by atoms with Crippen LogP contribution >= 0.6 is 12.6 Å². The highest BCUT2D eigenvalue weighted by molar-refractivity contribution is 7.80. The number of para-hydroxylation sites is 1. The summed E-state index contributed by atoms with van der Waals surface area (Å²) in [4.78, 5) is 17.8. The predicted molar refractivity (Wildman–Crippen MR) is 49.6 cm³/mol. The van der Waals surface area contributed by atoms with Crippen LogP contribution in [0.1, 0.15) is 0 Å². The van der Waals surface area contributed by atoms with Crippen LogP contribution in [0.15, 0.2) is 34.1 Å². The molecule has 0 aliphatic heterocycles. The average Bonchev–Trinajstić information content (AvgIpc) is 2.07. The quantitative estimate of drug-likeness (QED) is 0.596. The van der Waals surface area contributed by atoms with Gasteiger partial charge in [-0.1, -0.05) is 12.1 Å². The lowest BCUT2D eigenvalue weighted by Gasteiger charge is -1.97. The van der Waals surface area contributed by atoms with E-state index < -0.39 is 0 Å². The number of aromatic nitrogens is 2. The molecule has 2 rings (SSSR count). The number of hydrogen-bond donors (Lipinski definition) is 2. The molecule has 4 heteroatoms. The van der Waals surface area contributed by atoms with E-state index in [-0.39, 0.29) is 5.69 Å². The van der Waals surface area contributed by atoms with Gasteiger partial charge in [-0.2, -0.15) is 0 Å². The first-order valence-corrected chi connectivity index (χ1v) is 3.89. The van der Waals surface area contributed by atoms with E-state index in [1.807, 2.05) is 18.2 Å². The van der Waals surface area contributed by atoms with E-state index in [4.69, 9.17) is 0 Å². The zero-order valence-corrected chi connectivity index (χ0v) is 7.01. The minimum Gasteiger partial charge on any atom is -0.304 e. The van der Waals surface area contributed by atoms with Crippen LogP contribution in [-0.4, -0.2) is 9.97 Å². The first-order chi connectivity index (χ1) is 5.77. The standard InChI is InChI=1S/C8H6N2OS/c11-8-9-4-5-2-1-3-6(12)7(5)10-8/h1-4,12H,(H,9,10,11). The van der Waals surface area contributed by atoms with Gasteiger partial charge in [-0.05, 0) is 6.07 Å². The van der Waals surface area contributed by atoms with E-state index in [9.17, 15) is 4.79 Å². The van der Waals surface area contributed by atoms with Gasteiger partial charge in [0.15, 0.2) is 0 Å². The Labute approximate surface area is 73.9 Å². The predicted octanol–water partition coefficient (Wildman–Crippen LogP) is 1.21. The summed E-state index contributed by atoms with van der Waals surface area (Å²) < 4.78 is 0. The van der Waals surface area contributed by atoms with Gasteiger partial charge in [0.2, 0.25) is 0 Å². The zero-order chi connectivity index (χ0) is 8.55. The molecule has 60 valence electrons. The van der Waals surface area contributed by atoms with E-state index in [0.29, 0.717) is 0 Å². The van der Waals surface area contributed by atoms with Crippen molar-refractivity contribution >= 4 is 23.5 Å². The molecule has 0 spiro atoms. The number of H-pyrrole nitrogens is 1. The fraction of sp³-hybridized carbons (Fsp3) is 0. The van der Waals surface area contributed by atoms with Crippen molar-refractivity contribution < 1.29 is 0 Å². The minimum absolute atomic E-state index is 0.344. The van der Waals surface area contributed by atoms with E-state index >= 15 is 0 Å². The van der Waals surface area contributed by atoms with Crippen LogP contribution in [0.2, 0.25) is 0 Å². The largest absolute Gasteiger partial charge is 0.345 e. The molecule has 0 fully saturated rings. The van der Waals surface area contributed by atoms with Gasteiger partial charge in [-0.3, -0.25) is 0 Å². The first-order valence-electron chi connectivity index (χ1n) is 3.44. The van der Waals surface area contributed by atoms with Gasteiger partial charge in [0.05, 0.1) is 5.52 Å². The molecule has 2 aromatic rings. The van der Waals surface area contributed by atoms with E-state index in [1.165, 1.54) is 6.20 Å². The lowest BCUT2D eigenvalue weighted by molar-refractivity contribution is 1.11. The molecule has 0 amide bonds. The monoisotopic (exact) mass is 178 g/mol. The highest BCUT2D eigenvalue weighted by Crippen LogP contribution is 2.16. The maximum Gasteiger partial charge on any atom is 0.345 e. The number of nitrogens with zero attached hydrogens (tertiary/aromatic N) is 1. The van der Waals surface area contributed by atoms with Gasteiger partial charge < -0.3 is 4.98 Å². The molecule has 0 saturated carbocycles. The normalized spacial score (nSPS) is 10.4. The summed E-state index contributed by atoms with van der Waals surface area (Å²) in [6, 6.07) is 5.56. The van der Waals surface area contributed by atoms with Crippen LogP contribution in [0.3, 0.4) is 0 Å². The molecule has 1 N–H and O–H groups in total. The molecule has 0 bridgehead atoms. The lowest BCUT2D eigenvalue weighted by atomic mass is 10.2. The second-order valence-electron chi connectivity index (χ2n) is 2.43. The maximum atomic E-state index is 10.8. The lowest BCUT2D eigenvalue weighted by Crippen LogP contribution is -2.08. The molecule has 0 unspecified atom stereocenters. The van der Waals surface area contributed by atoms with Crippen LogP contribution in [0.4, 0.5) is 0 Å². The Morgan fingerprint density at radius 3 is 3.08 bits per heavy atom. The average molecular weight is 178 g/mol. The smallest absolute Gasteiger partial charge is 0.304 e. The summed E-state index contributed by atoms with van der Waals surface area (Å²) in [5, 5.41) is 0.891. The summed E-state index contributed by atoms with van der Waals surface area (Å²) in [6.45, 7) is 0. The van der Waals surface area contributed by atoms with Crippen LogP contribution in [0.25, 0.3) is 10.9 Å². The highest BCUT2D eigenvalue weighted by Gasteiger charge is 1.96. The van der Waals surface area contributed by atoms with Crippen molar-refractivity contribution in [3.05, 3.63) is 34.9 Å².